The molecular weight excluding hydrogens is 392 g/mol. The number of morpholine rings is 1. The fraction of sp³-hybridized carbons (Fsp3) is 0.292. The van der Waals surface area contributed by atoms with Crippen molar-refractivity contribution < 1.29 is 14.3 Å². The average Bonchev–Trinajstić information content (AvgIpc) is 3.19. The van der Waals surface area contributed by atoms with Crippen LogP contribution in [0.3, 0.4) is 0 Å². The molecule has 1 aliphatic rings. The van der Waals surface area contributed by atoms with E-state index < -0.39 is 0 Å². The van der Waals surface area contributed by atoms with Crippen molar-refractivity contribution in [3.05, 3.63) is 83.4 Å². The third-order valence-electron chi connectivity index (χ3n) is 5.52. The molecule has 1 fully saturated rings. The molecule has 7 nitrogen and oxygen atoms in total. The van der Waals surface area contributed by atoms with Gasteiger partial charge < -0.3 is 19.5 Å². The van der Waals surface area contributed by atoms with Gasteiger partial charge in [-0.2, -0.15) is 0 Å². The molecule has 0 saturated carbocycles. The fourth-order valence-corrected chi connectivity index (χ4v) is 3.69. The van der Waals surface area contributed by atoms with Crippen LogP contribution in [0.5, 0.6) is 0 Å². The van der Waals surface area contributed by atoms with Crippen molar-refractivity contribution in [3.63, 3.8) is 0 Å². The fourth-order valence-electron chi connectivity index (χ4n) is 3.69. The minimum Gasteiger partial charge on any atom is -0.370 e. The third-order valence-corrected chi connectivity index (χ3v) is 5.52. The summed E-state index contributed by atoms with van der Waals surface area (Å²) in [5.74, 6) is 0.547. The summed E-state index contributed by atoms with van der Waals surface area (Å²) >= 11 is 0. The summed E-state index contributed by atoms with van der Waals surface area (Å²) in [5.41, 5.74) is 3.15. The van der Waals surface area contributed by atoms with Crippen molar-refractivity contribution in [2.24, 2.45) is 0 Å². The van der Waals surface area contributed by atoms with Crippen LogP contribution in [0.15, 0.2) is 60.9 Å². The number of carbonyl (C=O) groups is 2. The number of aryl methyl sites for hydroxylation is 2. The molecule has 1 aromatic heterocycles. The first-order valence-corrected chi connectivity index (χ1v) is 10.4. The number of imidazole rings is 1. The molecule has 0 bridgehead atoms. The number of ether oxygens (including phenoxy) is 1. The van der Waals surface area contributed by atoms with E-state index in [1.165, 1.54) is 0 Å². The van der Waals surface area contributed by atoms with Crippen molar-refractivity contribution in [1.82, 2.24) is 14.5 Å². The zero-order valence-electron chi connectivity index (χ0n) is 17.7. The van der Waals surface area contributed by atoms with Gasteiger partial charge in [0.25, 0.3) is 5.91 Å². The van der Waals surface area contributed by atoms with Gasteiger partial charge in [-0.3, -0.25) is 9.59 Å². The van der Waals surface area contributed by atoms with Gasteiger partial charge in [-0.15, -0.1) is 0 Å². The standard InChI is InChI=1S/C24H26N4O3/c1-17-8-9-20(14-21(17)26-23(29)16-27-11-10-25-18(27)2)24(30)28-12-13-31-22(15-28)19-6-4-3-5-7-19/h3-11,14,22H,12-13,15-16H2,1-2H3,(H,26,29). The van der Waals surface area contributed by atoms with Crippen LogP contribution in [-0.2, 0) is 16.1 Å². The summed E-state index contributed by atoms with van der Waals surface area (Å²) in [7, 11) is 0. The highest BCUT2D eigenvalue weighted by Crippen LogP contribution is 2.24. The summed E-state index contributed by atoms with van der Waals surface area (Å²) in [6.45, 7) is 5.46. The maximum atomic E-state index is 13.2. The first kappa shape index (κ1) is 20.8. The van der Waals surface area contributed by atoms with Crippen LogP contribution < -0.4 is 5.32 Å². The van der Waals surface area contributed by atoms with Gasteiger partial charge in [-0.05, 0) is 37.1 Å². The number of anilines is 1. The van der Waals surface area contributed by atoms with Crippen molar-refractivity contribution in [1.29, 1.82) is 0 Å². The Morgan fingerprint density at radius 3 is 2.71 bits per heavy atom. The molecule has 0 radical (unpaired) electrons. The Balaban J connectivity index is 1.46. The molecule has 2 amide bonds. The Labute approximate surface area is 181 Å². The molecule has 1 unspecified atom stereocenters. The third kappa shape index (κ3) is 4.83. The SMILES string of the molecule is Cc1ccc(C(=O)N2CCOC(c3ccccc3)C2)cc1NC(=O)Cn1ccnc1C. The maximum Gasteiger partial charge on any atom is 0.254 e. The number of hydrogen-bond acceptors (Lipinski definition) is 4. The zero-order valence-corrected chi connectivity index (χ0v) is 17.7. The van der Waals surface area contributed by atoms with E-state index in [1.54, 1.807) is 29.1 Å². The second-order valence-corrected chi connectivity index (χ2v) is 7.70. The minimum absolute atomic E-state index is 0.0646. The predicted octanol–water partition coefficient (Wildman–Crippen LogP) is 3.35. The number of aromatic nitrogens is 2. The van der Waals surface area contributed by atoms with E-state index in [1.807, 2.05) is 55.1 Å². The normalized spacial score (nSPS) is 16.2. The number of rotatable bonds is 5. The molecule has 0 spiro atoms. The van der Waals surface area contributed by atoms with E-state index in [9.17, 15) is 9.59 Å². The second kappa shape index (κ2) is 9.14. The van der Waals surface area contributed by atoms with Gasteiger partial charge in [0.2, 0.25) is 5.91 Å². The molecule has 7 heteroatoms. The van der Waals surface area contributed by atoms with E-state index in [0.717, 1.165) is 17.0 Å². The number of carbonyl (C=O) groups excluding carboxylic acids is 2. The van der Waals surface area contributed by atoms with E-state index in [-0.39, 0.29) is 24.5 Å². The van der Waals surface area contributed by atoms with Crippen LogP contribution in [0.4, 0.5) is 5.69 Å². The van der Waals surface area contributed by atoms with Crippen LogP contribution in [-0.4, -0.2) is 46.0 Å². The number of nitrogens with zero attached hydrogens (tertiary/aromatic N) is 3. The summed E-state index contributed by atoms with van der Waals surface area (Å²) in [6, 6.07) is 15.4. The van der Waals surface area contributed by atoms with E-state index in [4.69, 9.17) is 4.74 Å². The molecular formula is C24H26N4O3. The molecule has 31 heavy (non-hydrogen) atoms. The Morgan fingerprint density at radius 2 is 1.97 bits per heavy atom. The van der Waals surface area contributed by atoms with Gasteiger partial charge in [0.05, 0.1) is 13.2 Å². The van der Waals surface area contributed by atoms with E-state index in [2.05, 4.69) is 10.3 Å². The van der Waals surface area contributed by atoms with E-state index >= 15 is 0 Å². The highest BCUT2D eigenvalue weighted by molar-refractivity contribution is 5.97. The first-order valence-electron chi connectivity index (χ1n) is 10.4. The molecule has 160 valence electrons. The maximum absolute atomic E-state index is 13.2. The Kier molecular flexibility index (Phi) is 6.13. The highest BCUT2D eigenvalue weighted by atomic mass is 16.5. The molecule has 1 aliphatic heterocycles. The summed E-state index contributed by atoms with van der Waals surface area (Å²) in [4.78, 5) is 31.6. The van der Waals surface area contributed by atoms with Crippen LogP contribution in [0.1, 0.15) is 33.4 Å². The van der Waals surface area contributed by atoms with Crippen molar-refractivity contribution in [2.75, 3.05) is 25.0 Å². The lowest BCUT2D eigenvalue weighted by molar-refractivity contribution is -0.116. The number of nitrogens with one attached hydrogen (secondary N) is 1. The molecule has 1 atom stereocenters. The van der Waals surface area contributed by atoms with Gasteiger partial charge in [-0.1, -0.05) is 36.4 Å². The molecule has 4 rings (SSSR count). The summed E-state index contributed by atoms with van der Waals surface area (Å²) < 4.78 is 7.65. The number of benzene rings is 2. The van der Waals surface area contributed by atoms with Crippen LogP contribution >= 0.6 is 0 Å². The van der Waals surface area contributed by atoms with Crippen LogP contribution in [0.2, 0.25) is 0 Å². The van der Waals surface area contributed by atoms with Crippen LogP contribution in [0, 0.1) is 13.8 Å². The summed E-state index contributed by atoms with van der Waals surface area (Å²) in [5, 5.41) is 2.93. The molecule has 1 N–H and O–H groups in total. The monoisotopic (exact) mass is 418 g/mol. The first-order chi connectivity index (χ1) is 15.0. The second-order valence-electron chi connectivity index (χ2n) is 7.70. The Morgan fingerprint density at radius 1 is 1.16 bits per heavy atom. The van der Waals surface area contributed by atoms with Gasteiger partial charge in [0, 0.05) is 30.2 Å². The van der Waals surface area contributed by atoms with Crippen molar-refractivity contribution in [2.45, 2.75) is 26.5 Å². The van der Waals surface area contributed by atoms with Gasteiger partial charge >= 0.3 is 0 Å². The topological polar surface area (TPSA) is 76.5 Å². The van der Waals surface area contributed by atoms with E-state index in [0.29, 0.717) is 30.9 Å². The lowest BCUT2D eigenvalue weighted by atomic mass is 10.1. The number of amides is 2. The average molecular weight is 418 g/mol. The highest BCUT2D eigenvalue weighted by Gasteiger charge is 2.26. The zero-order chi connectivity index (χ0) is 21.8. The molecule has 1 saturated heterocycles. The minimum atomic E-state index is -0.163. The Bertz CT molecular complexity index is 1080. The smallest absolute Gasteiger partial charge is 0.254 e. The van der Waals surface area contributed by atoms with Gasteiger partial charge in [0.15, 0.2) is 0 Å². The van der Waals surface area contributed by atoms with Crippen molar-refractivity contribution >= 4 is 17.5 Å². The largest absolute Gasteiger partial charge is 0.370 e. The van der Waals surface area contributed by atoms with Gasteiger partial charge in [-0.25, -0.2) is 4.98 Å². The molecule has 2 heterocycles. The number of hydrogen-bond donors (Lipinski definition) is 1. The molecule has 0 aliphatic carbocycles. The molecule has 3 aromatic rings. The van der Waals surface area contributed by atoms with Crippen molar-refractivity contribution in [3.8, 4) is 0 Å². The quantitative estimate of drug-likeness (QED) is 0.689. The summed E-state index contributed by atoms with van der Waals surface area (Å²) in [6.07, 6.45) is 3.29. The lowest BCUT2D eigenvalue weighted by Crippen LogP contribution is -2.42. The lowest BCUT2D eigenvalue weighted by Gasteiger charge is -2.33. The van der Waals surface area contributed by atoms with Crippen LogP contribution in [0.25, 0.3) is 0 Å². The predicted molar refractivity (Wildman–Crippen MR) is 118 cm³/mol. The molecule has 2 aromatic carbocycles. The van der Waals surface area contributed by atoms with Gasteiger partial charge in [0.1, 0.15) is 18.5 Å². The Hall–Kier alpha value is -3.45.